The number of benzene rings is 10. The molecule has 10 aromatic carbocycles. The van der Waals surface area contributed by atoms with Crippen LogP contribution in [-0.2, 0) is 54.6 Å². The molecule has 0 spiro atoms. The first-order chi connectivity index (χ1) is 68.9. The van der Waals surface area contributed by atoms with Crippen molar-refractivity contribution in [2.75, 3.05) is 73.5 Å². The van der Waals surface area contributed by atoms with Crippen molar-refractivity contribution in [2.45, 2.75) is 212 Å². The van der Waals surface area contributed by atoms with Crippen LogP contribution in [0.3, 0.4) is 0 Å². The maximum Gasteiger partial charge on any atom is 0.416 e. The van der Waals surface area contributed by atoms with Crippen molar-refractivity contribution in [1.82, 2.24) is 20.9 Å². The lowest BCUT2D eigenvalue weighted by Crippen LogP contribution is -2.55. The zero-order valence-electron chi connectivity index (χ0n) is 78.9. The summed E-state index contributed by atoms with van der Waals surface area (Å²) in [7, 11) is 3.87. The number of fused-ring (bicyclic) bond motifs is 15. The number of nitrogens with zero attached hydrogens (tertiary/aromatic N) is 2. The summed E-state index contributed by atoms with van der Waals surface area (Å²) in [6.07, 6.45) is -17.7. The minimum absolute atomic E-state index is 0.00633. The maximum atomic E-state index is 13.5. The number of likely N-dealkylation sites (N-methyl/N-ethyl adjacent to an activating group) is 1. The molecule has 10 aliphatic rings. The number of nitriles is 1. The summed E-state index contributed by atoms with van der Waals surface area (Å²) in [6, 6.07) is 68.7. The van der Waals surface area contributed by atoms with E-state index in [-0.39, 0.29) is 110 Å². The number of carbonyl (C=O) groups is 2. The van der Waals surface area contributed by atoms with Crippen molar-refractivity contribution in [1.29, 1.82) is 5.26 Å². The Hall–Kier alpha value is -12.0. The van der Waals surface area contributed by atoms with Crippen LogP contribution in [0.1, 0.15) is 228 Å². The molecule has 20 nitrogen and oxygen atoms in total. The fourth-order valence-electron chi connectivity index (χ4n) is 22.0. The second-order valence-corrected chi connectivity index (χ2v) is 38.6. The number of carboxylic acids is 1. The molecular formula is C109H116F15N11O9. The van der Waals surface area contributed by atoms with Crippen LogP contribution in [0.15, 0.2) is 243 Å². The van der Waals surface area contributed by atoms with Crippen LogP contribution < -0.4 is 48.3 Å². The lowest BCUT2D eigenvalue weighted by Gasteiger charge is -2.48. The number of carboxylic acid groups (broad SMARTS) is 1. The Morgan fingerprint density at radius 2 is 0.688 bits per heavy atom. The summed E-state index contributed by atoms with van der Waals surface area (Å²) in [5.41, 5.74) is 13.5. The topological polar surface area (TPSA) is 281 Å². The van der Waals surface area contributed by atoms with Gasteiger partial charge in [0, 0.05) is 106 Å². The number of aliphatic hydroxyl groups excluding tert-OH is 2. The van der Waals surface area contributed by atoms with E-state index < -0.39 is 107 Å². The average molecular weight is 2010 g/mol. The van der Waals surface area contributed by atoms with Gasteiger partial charge in [0.2, 0.25) is 0 Å². The molecule has 13 N–H and O–H groups in total. The average Bonchev–Trinajstić information content (AvgIpc) is 0.778. The molecule has 0 bridgehead atoms. The Labute approximate surface area is 824 Å². The third-order valence-corrected chi connectivity index (χ3v) is 28.9. The van der Waals surface area contributed by atoms with Crippen molar-refractivity contribution in [3.05, 3.63) is 326 Å². The SMILES string of the molecule is CN(C)CCNC(=O)NCC[C@H]1CC[C@@H]2[C@H](O1)c1cc(C(F)(F)F)ccc1N[C@H]2c1ccccc1.N#CC[C@H]1CC[C@@H]2[C@H](O1)c1cc(C(F)(F)F)ccc1N[C@H]2c1ccccc1.NCC[C@H]1CC[C@@H]2[C@H](O1)c1cc(C(F)(F)F)ccc1N[C@H]2c1ccccc1.O=C(O)C[C@H]1CC[C@@H]2[C@H](O1)c1cc(C(F)(F)F)ccc1N[C@H]2c1ccccc1.OC[C@H]1NC2c3cc(C(F)(F)F)ccc3NC(c3ccccc3)C2C[C@@H]1O. The van der Waals surface area contributed by atoms with E-state index in [1.807, 2.05) is 159 Å². The summed E-state index contributed by atoms with van der Waals surface area (Å²) >= 11 is 0. The van der Waals surface area contributed by atoms with Crippen molar-refractivity contribution in [3.63, 3.8) is 0 Å². The number of carbonyl (C=O) groups excluding carboxylic acids is 1. The van der Waals surface area contributed by atoms with Crippen molar-refractivity contribution in [2.24, 2.45) is 35.3 Å². The summed E-state index contributed by atoms with van der Waals surface area (Å²) in [5.74, 6) is -1.10. The largest absolute Gasteiger partial charge is 0.481 e. The molecule has 5 saturated heterocycles. The number of ether oxygens (including phenoxy) is 4. The van der Waals surface area contributed by atoms with Gasteiger partial charge >= 0.3 is 42.9 Å². The van der Waals surface area contributed by atoms with Gasteiger partial charge in [-0.3, -0.25) is 4.79 Å². The highest BCUT2D eigenvalue weighted by molar-refractivity contribution is 5.74. The molecular weight excluding hydrogens is 1890 g/mol. The third kappa shape index (κ3) is 24.9. The van der Waals surface area contributed by atoms with Gasteiger partial charge in [-0.1, -0.05) is 152 Å². The Balaban J connectivity index is 0.000000130. The summed E-state index contributed by atoms with van der Waals surface area (Å²) in [4.78, 5) is 25.1. The van der Waals surface area contributed by atoms with Gasteiger partial charge in [0.05, 0.1) is 145 Å². The molecule has 2 amide bonds. The van der Waals surface area contributed by atoms with E-state index in [2.05, 4.69) is 60.7 Å². The molecule has 0 aromatic heterocycles. The lowest BCUT2D eigenvalue weighted by molar-refractivity contribution is -0.147. The number of piperidine rings is 1. The molecule has 0 radical (unpaired) electrons. The molecule has 5 fully saturated rings. The first-order valence-electron chi connectivity index (χ1n) is 48.6. The van der Waals surface area contributed by atoms with Crippen LogP contribution >= 0.6 is 0 Å². The highest BCUT2D eigenvalue weighted by atomic mass is 19.4. The van der Waals surface area contributed by atoms with E-state index in [1.165, 1.54) is 54.6 Å². The van der Waals surface area contributed by atoms with Gasteiger partial charge in [-0.2, -0.15) is 71.1 Å². The number of aliphatic hydroxyl groups is 2. The molecule has 0 saturated carbocycles. The number of anilines is 5. The van der Waals surface area contributed by atoms with Gasteiger partial charge < -0.3 is 87.4 Å². The lowest BCUT2D eigenvalue weighted by atomic mass is 9.73. The van der Waals surface area contributed by atoms with Crippen molar-refractivity contribution >= 4 is 40.4 Å². The maximum absolute atomic E-state index is 13.5. The van der Waals surface area contributed by atoms with Crippen LogP contribution in [0, 0.1) is 40.9 Å². The number of hydrogen-bond donors (Lipinski definition) is 12. The minimum Gasteiger partial charge on any atom is -0.481 e. The number of nitrogens with one attached hydrogen (secondary N) is 8. The standard InChI is InChI=1S/C26H33F3N4O2.C21H23F3N2O.C21H19F3N2O.C21H20F3NO3.C20H21F3N2O2/c1-33(2)15-14-31-25(34)30-13-12-19-9-10-20-23(17-6-4-3-5-7-17)32-22-11-8-18(26(27,28)29)16-21(22)24(20)35-19;2*22-21(23,24)14-6-9-18-17(12-14)20-16(8-7-15(27-20)10-11-25)19(26-18)13-4-2-1-3-5-13;22-21(23,24)13-6-9-17-16(10-13)20-15(8-7-14(28-20)11-18(26)27)19(25-17)12-4-2-1-3-5-12;21-20(22,23)12-6-7-15-13(8-12)19-14(9-17(27)16(10-26)25-19)18(24-15)11-4-2-1-3-5-11/h3-8,11,16,19-20,23-24,32H,9-10,12-15H2,1-2H3,(H2,30,31,34);1-6,9,12,15-16,19-20,26H,7-8,10-11,25H2;1-6,9,12,15-16,19-20,26H,7-8,10H2;1-6,9-10,14-15,19-20,25H,7-8,11H2,(H,26,27);1-8,14,16-19,24-27H,9-10H2/t19-,20+,23+,24+;2*15-,16+,19+,20+;14-,15+,19+,20+;14?,16-,17+,18?,19?/m11111/s1. The number of aliphatic carboxylic acids is 1. The molecule has 10 aromatic rings. The number of nitrogens with two attached hydrogens (primary N) is 1. The highest BCUT2D eigenvalue weighted by Crippen LogP contribution is 2.58. The predicted molar refractivity (Wildman–Crippen MR) is 514 cm³/mol. The Bertz CT molecular complexity index is 6010. The number of alkyl halides is 15. The molecule has 3 unspecified atom stereocenters. The molecule has 766 valence electrons. The van der Waals surface area contributed by atoms with Gasteiger partial charge in [-0.25, -0.2) is 4.79 Å². The molecule has 35 heteroatoms. The van der Waals surface area contributed by atoms with Crippen LogP contribution in [0.25, 0.3) is 0 Å². The molecule has 21 atom stereocenters. The van der Waals surface area contributed by atoms with Gasteiger partial charge in [0.25, 0.3) is 0 Å². The number of rotatable bonds is 17. The number of urea groups is 1. The molecule has 10 aliphatic heterocycles. The highest BCUT2D eigenvalue weighted by Gasteiger charge is 2.52. The predicted octanol–water partition coefficient (Wildman–Crippen LogP) is 24.1. The number of hydrogen-bond acceptors (Lipinski definition) is 17. The van der Waals surface area contributed by atoms with Crippen LogP contribution in [0.4, 0.5) is 99.1 Å². The minimum atomic E-state index is -4.45. The van der Waals surface area contributed by atoms with E-state index in [9.17, 15) is 85.7 Å². The van der Waals surface area contributed by atoms with E-state index in [1.54, 1.807) is 0 Å². The monoisotopic (exact) mass is 2010 g/mol. The molecule has 10 heterocycles. The zero-order valence-corrected chi connectivity index (χ0v) is 78.9. The quantitative estimate of drug-likeness (QED) is 0.0378. The summed E-state index contributed by atoms with van der Waals surface area (Å²) in [6.45, 7) is 1.97. The van der Waals surface area contributed by atoms with Gasteiger partial charge in [-0.15, -0.1) is 0 Å². The van der Waals surface area contributed by atoms with E-state index >= 15 is 0 Å². The van der Waals surface area contributed by atoms with Crippen molar-refractivity contribution < 1.29 is 110 Å². The summed E-state index contributed by atoms with van der Waals surface area (Å²) in [5, 5.41) is 64.0. The number of halogens is 15. The van der Waals surface area contributed by atoms with Gasteiger partial charge in [0.15, 0.2) is 0 Å². The fraction of sp³-hybridized carbons (Fsp3) is 0.422. The third-order valence-electron chi connectivity index (χ3n) is 28.9. The Kier molecular flexibility index (Phi) is 33.0. The van der Waals surface area contributed by atoms with Gasteiger partial charge in [-0.05, 0) is 216 Å². The van der Waals surface area contributed by atoms with Crippen molar-refractivity contribution in [3.8, 4) is 6.07 Å². The van der Waals surface area contributed by atoms with Crippen LogP contribution in [0.2, 0.25) is 0 Å². The van der Waals surface area contributed by atoms with E-state index in [0.29, 0.717) is 102 Å². The van der Waals surface area contributed by atoms with Crippen LogP contribution in [-0.4, -0.2) is 116 Å². The van der Waals surface area contributed by atoms with Crippen LogP contribution in [0.5, 0.6) is 0 Å². The summed E-state index contributed by atoms with van der Waals surface area (Å²) < 4.78 is 224. The Morgan fingerprint density at radius 3 is 1.00 bits per heavy atom. The normalized spacial score (nSPS) is 26.8. The second kappa shape index (κ2) is 45.3. The first-order valence-corrected chi connectivity index (χ1v) is 48.6. The fourth-order valence-corrected chi connectivity index (χ4v) is 22.0. The molecule has 20 rings (SSSR count). The number of amides is 2. The van der Waals surface area contributed by atoms with E-state index in [0.717, 1.165) is 116 Å². The molecule has 144 heavy (non-hydrogen) atoms. The Morgan fingerprint density at radius 1 is 0.396 bits per heavy atom. The second-order valence-electron chi connectivity index (χ2n) is 38.6. The first kappa shape index (κ1) is 105. The zero-order chi connectivity index (χ0) is 102. The smallest absolute Gasteiger partial charge is 0.416 e. The van der Waals surface area contributed by atoms with E-state index in [4.69, 9.17) is 35.0 Å². The molecule has 0 aliphatic carbocycles. The van der Waals surface area contributed by atoms with Gasteiger partial charge in [0.1, 0.15) is 0 Å².